The lowest BCUT2D eigenvalue weighted by Crippen LogP contribution is -2.12. The highest BCUT2D eigenvalue weighted by molar-refractivity contribution is 14.1. The van der Waals surface area contributed by atoms with Crippen LogP contribution >= 0.6 is 34.8 Å². The summed E-state index contributed by atoms with van der Waals surface area (Å²) in [6.07, 6.45) is -3.19. The molecule has 0 radical (unpaired) electrons. The smallest absolute Gasteiger partial charge is 0.320 e. The summed E-state index contributed by atoms with van der Waals surface area (Å²) in [4.78, 5) is 5.65. The molecule has 0 bridgehead atoms. The molecule has 9 heteroatoms. The van der Waals surface area contributed by atoms with E-state index >= 15 is 0 Å². The molecule has 3 rings (SSSR count). The van der Waals surface area contributed by atoms with E-state index < -0.39 is 12.0 Å². The van der Waals surface area contributed by atoms with Crippen LogP contribution in [0.15, 0.2) is 30.5 Å². The third-order valence-electron chi connectivity index (χ3n) is 2.77. The summed E-state index contributed by atoms with van der Waals surface area (Å²) < 4.78 is 40.7. The molecule has 4 nitrogen and oxygen atoms in total. The molecular weight excluding hydrogens is 416 g/mol. The highest BCUT2D eigenvalue weighted by Crippen LogP contribution is 2.28. The van der Waals surface area contributed by atoms with E-state index in [9.17, 15) is 13.2 Å². The van der Waals surface area contributed by atoms with Crippen molar-refractivity contribution in [1.82, 2.24) is 19.7 Å². The lowest BCUT2D eigenvalue weighted by Gasteiger charge is -2.08. The van der Waals surface area contributed by atoms with Crippen molar-refractivity contribution >= 4 is 45.8 Å². The Kier molecular flexibility index (Phi) is 3.48. The van der Waals surface area contributed by atoms with E-state index in [4.69, 9.17) is 12.2 Å². The fourth-order valence-electron chi connectivity index (χ4n) is 1.86. The number of halogens is 4. The van der Waals surface area contributed by atoms with E-state index in [0.717, 1.165) is 3.57 Å². The molecule has 0 saturated carbocycles. The van der Waals surface area contributed by atoms with Crippen molar-refractivity contribution in [3.8, 4) is 5.69 Å². The van der Waals surface area contributed by atoms with Gasteiger partial charge in [-0.25, -0.2) is 9.67 Å². The van der Waals surface area contributed by atoms with Crippen LogP contribution < -0.4 is 0 Å². The van der Waals surface area contributed by atoms with Crippen LogP contribution in [0.2, 0.25) is 0 Å². The zero-order valence-corrected chi connectivity index (χ0v) is 13.1. The largest absolute Gasteiger partial charge is 0.449 e. The number of fused-ring (bicyclic) bond motifs is 1. The van der Waals surface area contributed by atoms with Crippen LogP contribution in [0, 0.1) is 8.21 Å². The molecule has 0 atom stereocenters. The predicted octanol–water partition coefficient (Wildman–Crippen LogP) is 4.10. The van der Waals surface area contributed by atoms with Crippen molar-refractivity contribution in [1.29, 1.82) is 0 Å². The molecule has 2 heterocycles. The van der Waals surface area contributed by atoms with E-state index in [0.29, 0.717) is 11.1 Å². The minimum Gasteiger partial charge on any atom is -0.320 e. The summed E-state index contributed by atoms with van der Waals surface area (Å²) in [5.74, 6) is -1.13. The van der Waals surface area contributed by atoms with Gasteiger partial charge in [-0.1, -0.05) is 18.3 Å². The number of hydrogen-bond acceptors (Lipinski definition) is 3. The van der Waals surface area contributed by atoms with E-state index in [-0.39, 0.29) is 10.3 Å². The first-order valence-electron chi connectivity index (χ1n) is 5.67. The maximum absolute atomic E-state index is 12.8. The number of nitrogens with zero attached hydrogens (tertiary/aromatic N) is 3. The Labute approximate surface area is 135 Å². The summed E-state index contributed by atoms with van der Waals surface area (Å²) in [6, 6.07) is 7.22. The molecule has 0 amide bonds. The molecule has 1 aromatic carbocycles. The minimum absolute atomic E-state index is 0.132. The zero-order chi connectivity index (χ0) is 15.2. The standard InChI is InChI=1S/C12H6F3IN4S/c13-12(14,15)11-18-9-8(10(21)19-11)5-17-20(9)7-3-1-2-6(16)4-7/h1-5H,(H,18,19,21). The van der Waals surface area contributed by atoms with Crippen LogP contribution in [-0.2, 0) is 6.18 Å². The third-order valence-corrected chi connectivity index (χ3v) is 3.75. The van der Waals surface area contributed by atoms with Crippen LogP contribution in [0.25, 0.3) is 16.7 Å². The SMILES string of the molecule is FC(F)(F)c1nc(=S)c2cnn(-c3cccc(I)c3)c2[nH]1. The van der Waals surface area contributed by atoms with E-state index in [2.05, 4.69) is 37.7 Å². The number of aromatic amines is 1. The Morgan fingerprint density at radius 3 is 2.71 bits per heavy atom. The highest BCUT2D eigenvalue weighted by atomic mass is 127. The van der Waals surface area contributed by atoms with Gasteiger partial charge in [-0.2, -0.15) is 18.3 Å². The highest BCUT2D eigenvalue weighted by Gasteiger charge is 2.34. The van der Waals surface area contributed by atoms with E-state index in [1.807, 2.05) is 6.07 Å². The normalized spacial score (nSPS) is 12.0. The topological polar surface area (TPSA) is 46.5 Å². The number of hydrogen-bond donors (Lipinski definition) is 1. The van der Waals surface area contributed by atoms with Gasteiger partial charge in [0, 0.05) is 3.57 Å². The minimum atomic E-state index is -4.60. The lowest BCUT2D eigenvalue weighted by molar-refractivity contribution is -0.144. The Morgan fingerprint density at radius 2 is 2.05 bits per heavy atom. The van der Waals surface area contributed by atoms with Crippen molar-refractivity contribution in [2.75, 3.05) is 0 Å². The molecule has 0 saturated heterocycles. The number of alkyl halides is 3. The van der Waals surface area contributed by atoms with Crippen LogP contribution in [0.5, 0.6) is 0 Å². The Bertz CT molecular complexity index is 884. The first-order valence-corrected chi connectivity index (χ1v) is 7.16. The average molecular weight is 422 g/mol. The van der Waals surface area contributed by atoms with Gasteiger partial charge in [0.15, 0.2) is 0 Å². The van der Waals surface area contributed by atoms with Gasteiger partial charge in [-0.05, 0) is 40.8 Å². The third kappa shape index (κ3) is 2.67. The van der Waals surface area contributed by atoms with Crippen LogP contribution in [-0.4, -0.2) is 19.7 Å². The average Bonchev–Trinajstić information content (AvgIpc) is 2.82. The summed E-state index contributed by atoms with van der Waals surface area (Å²) in [5, 5.41) is 4.47. The summed E-state index contributed by atoms with van der Waals surface area (Å²) in [6.45, 7) is 0. The molecule has 0 aliphatic heterocycles. The number of rotatable bonds is 1. The molecule has 21 heavy (non-hydrogen) atoms. The monoisotopic (exact) mass is 422 g/mol. The Hall–Kier alpha value is -1.49. The fraction of sp³-hybridized carbons (Fsp3) is 0.0833. The van der Waals surface area contributed by atoms with Gasteiger partial charge in [-0.15, -0.1) is 0 Å². The van der Waals surface area contributed by atoms with Crippen LogP contribution in [0.1, 0.15) is 5.82 Å². The second-order valence-corrected chi connectivity index (χ2v) is 5.82. The van der Waals surface area contributed by atoms with Crippen molar-refractivity contribution in [3.05, 3.63) is 44.5 Å². The van der Waals surface area contributed by atoms with Gasteiger partial charge >= 0.3 is 6.18 Å². The first-order chi connectivity index (χ1) is 9.86. The number of nitrogens with one attached hydrogen (secondary N) is 1. The molecule has 0 unspecified atom stereocenters. The van der Waals surface area contributed by atoms with E-state index in [1.54, 1.807) is 18.2 Å². The molecule has 0 spiro atoms. The quantitative estimate of drug-likeness (QED) is 0.475. The maximum Gasteiger partial charge on any atom is 0.449 e. The number of H-pyrrole nitrogens is 1. The number of benzene rings is 1. The van der Waals surface area contributed by atoms with Gasteiger partial charge in [0.2, 0.25) is 5.82 Å². The van der Waals surface area contributed by atoms with Crippen LogP contribution in [0.3, 0.4) is 0 Å². The predicted molar refractivity (Wildman–Crippen MR) is 81.8 cm³/mol. The molecule has 2 aromatic heterocycles. The molecule has 1 N–H and O–H groups in total. The van der Waals surface area contributed by atoms with Crippen molar-refractivity contribution in [2.24, 2.45) is 0 Å². The molecule has 0 aliphatic rings. The van der Waals surface area contributed by atoms with Gasteiger partial charge in [0.25, 0.3) is 0 Å². The fourth-order valence-corrected chi connectivity index (χ4v) is 2.63. The number of aromatic nitrogens is 4. The van der Waals surface area contributed by atoms with Gasteiger partial charge < -0.3 is 4.98 Å². The molecular formula is C12H6F3IN4S. The van der Waals surface area contributed by atoms with Gasteiger partial charge in [0.1, 0.15) is 10.3 Å². The lowest BCUT2D eigenvalue weighted by atomic mass is 10.3. The summed E-state index contributed by atoms with van der Waals surface area (Å²) in [5.41, 5.74) is 0.811. The zero-order valence-electron chi connectivity index (χ0n) is 10.1. The van der Waals surface area contributed by atoms with Crippen molar-refractivity contribution in [2.45, 2.75) is 6.18 Å². The molecule has 3 aromatic rings. The molecule has 108 valence electrons. The van der Waals surface area contributed by atoms with Crippen LogP contribution in [0.4, 0.5) is 13.2 Å². The first kappa shape index (κ1) is 14.4. The Morgan fingerprint density at radius 1 is 1.29 bits per heavy atom. The van der Waals surface area contributed by atoms with Crippen molar-refractivity contribution in [3.63, 3.8) is 0 Å². The summed E-state index contributed by atoms with van der Waals surface area (Å²) in [7, 11) is 0. The maximum atomic E-state index is 12.8. The Balaban J connectivity index is 2.31. The van der Waals surface area contributed by atoms with E-state index in [1.165, 1.54) is 10.9 Å². The van der Waals surface area contributed by atoms with Gasteiger partial charge in [-0.3, -0.25) is 0 Å². The summed E-state index contributed by atoms with van der Waals surface area (Å²) >= 11 is 7.03. The second-order valence-electron chi connectivity index (χ2n) is 4.19. The second kappa shape index (κ2) is 5.05. The van der Waals surface area contributed by atoms with Gasteiger partial charge in [0.05, 0.1) is 17.3 Å². The molecule has 0 aliphatic carbocycles. The van der Waals surface area contributed by atoms with Crippen molar-refractivity contribution < 1.29 is 13.2 Å². The molecule has 0 fully saturated rings.